The molecule has 0 amide bonds. The summed E-state index contributed by atoms with van der Waals surface area (Å²) in [5.74, 6) is 0.987. The molecule has 0 aliphatic carbocycles. The Morgan fingerprint density at radius 2 is 2.27 bits per heavy atom. The van der Waals surface area contributed by atoms with Crippen LogP contribution < -0.4 is 5.32 Å². The molecule has 2 fully saturated rings. The highest BCUT2D eigenvalue weighted by molar-refractivity contribution is 4.84. The van der Waals surface area contributed by atoms with E-state index in [9.17, 15) is 0 Å². The Hall–Kier alpha value is -0.0800. The average Bonchev–Trinajstić information content (AvgIpc) is 2.27. The first-order chi connectivity index (χ1) is 5.36. The van der Waals surface area contributed by atoms with Gasteiger partial charge in [0.05, 0.1) is 0 Å². The first-order valence-electron chi connectivity index (χ1n) is 4.77. The predicted octanol–water partition coefficient (Wildman–Crippen LogP) is 0.690. The van der Waals surface area contributed by atoms with E-state index in [4.69, 9.17) is 0 Å². The van der Waals surface area contributed by atoms with E-state index in [0.29, 0.717) is 0 Å². The van der Waals surface area contributed by atoms with E-state index >= 15 is 0 Å². The van der Waals surface area contributed by atoms with E-state index in [1.165, 1.54) is 38.9 Å². The Morgan fingerprint density at radius 1 is 1.45 bits per heavy atom. The van der Waals surface area contributed by atoms with Gasteiger partial charge in [0.2, 0.25) is 0 Å². The molecule has 2 heterocycles. The van der Waals surface area contributed by atoms with Gasteiger partial charge in [-0.25, -0.2) is 0 Å². The van der Waals surface area contributed by atoms with Crippen LogP contribution in [0.15, 0.2) is 0 Å². The minimum atomic E-state index is 0.905. The van der Waals surface area contributed by atoms with E-state index in [1.807, 2.05) is 0 Å². The maximum absolute atomic E-state index is 3.33. The predicted molar refractivity (Wildman–Crippen MR) is 46.6 cm³/mol. The summed E-state index contributed by atoms with van der Waals surface area (Å²) < 4.78 is 0. The van der Waals surface area contributed by atoms with Crippen LogP contribution in [0.25, 0.3) is 0 Å². The molecule has 0 aromatic rings. The van der Waals surface area contributed by atoms with Crippen molar-refractivity contribution >= 4 is 0 Å². The fourth-order valence-corrected chi connectivity index (χ4v) is 2.18. The molecule has 1 unspecified atom stereocenters. The second-order valence-corrected chi connectivity index (χ2v) is 4.04. The van der Waals surface area contributed by atoms with Gasteiger partial charge in [-0.15, -0.1) is 0 Å². The van der Waals surface area contributed by atoms with Crippen LogP contribution in [-0.2, 0) is 0 Å². The van der Waals surface area contributed by atoms with E-state index in [-0.39, 0.29) is 0 Å². The quantitative estimate of drug-likeness (QED) is 0.629. The van der Waals surface area contributed by atoms with E-state index in [2.05, 4.69) is 17.3 Å². The highest BCUT2D eigenvalue weighted by Gasteiger charge is 2.26. The third-order valence-corrected chi connectivity index (χ3v) is 3.14. The molecule has 0 aromatic carbocycles. The summed E-state index contributed by atoms with van der Waals surface area (Å²) in [5.41, 5.74) is 0. The third-order valence-electron chi connectivity index (χ3n) is 3.14. The third kappa shape index (κ3) is 1.57. The van der Waals surface area contributed by atoms with Crippen LogP contribution in [0.1, 0.15) is 19.3 Å². The van der Waals surface area contributed by atoms with Crippen molar-refractivity contribution < 1.29 is 0 Å². The molecule has 0 bridgehead atoms. The van der Waals surface area contributed by atoms with Crippen molar-refractivity contribution in [2.24, 2.45) is 5.92 Å². The van der Waals surface area contributed by atoms with Crippen molar-refractivity contribution in [2.45, 2.75) is 25.3 Å². The smallest absolute Gasteiger partial charge is 0.00962 e. The minimum Gasteiger partial charge on any atom is -0.316 e. The van der Waals surface area contributed by atoms with Gasteiger partial charge in [0.15, 0.2) is 0 Å². The van der Waals surface area contributed by atoms with Crippen molar-refractivity contribution in [1.29, 1.82) is 0 Å². The zero-order valence-corrected chi connectivity index (χ0v) is 7.34. The van der Waals surface area contributed by atoms with E-state index in [1.54, 1.807) is 0 Å². The largest absolute Gasteiger partial charge is 0.316 e. The highest BCUT2D eigenvalue weighted by atomic mass is 15.1. The summed E-state index contributed by atoms with van der Waals surface area (Å²) in [5, 5.41) is 3.33. The first-order valence-corrected chi connectivity index (χ1v) is 4.77. The lowest BCUT2D eigenvalue weighted by atomic mass is 9.93. The molecule has 2 aliphatic heterocycles. The number of likely N-dealkylation sites (tertiary alicyclic amines) is 1. The maximum Gasteiger partial charge on any atom is 0.00962 e. The molecule has 0 saturated carbocycles. The molecule has 1 atom stereocenters. The van der Waals surface area contributed by atoms with E-state index in [0.717, 1.165) is 12.0 Å². The standard InChI is InChI=1S/C9H18N2/c1-11-4-2-3-9(11)5-8-6-10-7-8/h8-10H,2-7H2,1H3. The van der Waals surface area contributed by atoms with Gasteiger partial charge in [-0.2, -0.15) is 0 Å². The molecule has 64 valence electrons. The normalized spacial score (nSPS) is 34.1. The van der Waals surface area contributed by atoms with Gasteiger partial charge in [0, 0.05) is 6.04 Å². The Morgan fingerprint density at radius 3 is 2.73 bits per heavy atom. The number of hydrogen-bond donors (Lipinski definition) is 1. The summed E-state index contributed by atoms with van der Waals surface area (Å²) >= 11 is 0. The summed E-state index contributed by atoms with van der Waals surface area (Å²) in [7, 11) is 2.27. The number of hydrogen-bond acceptors (Lipinski definition) is 2. The van der Waals surface area contributed by atoms with Gasteiger partial charge in [-0.1, -0.05) is 0 Å². The van der Waals surface area contributed by atoms with Crippen molar-refractivity contribution in [3.8, 4) is 0 Å². The van der Waals surface area contributed by atoms with Crippen molar-refractivity contribution in [3.63, 3.8) is 0 Å². The minimum absolute atomic E-state index is 0.905. The van der Waals surface area contributed by atoms with Gasteiger partial charge in [-0.05, 0) is 51.9 Å². The van der Waals surface area contributed by atoms with Gasteiger partial charge in [0.25, 0.3) is 0 Å². The lowest BCUT2D eigenvalue weighted by molar-refractivity contribution is 0.221. The molecule has 0 radical (unpaired) electrons. The lowest BCUT2D eigenvalue weighted by Crippen LogP contribution is -2.44. The van der Waals surface area contributed by atoms with Crippen LogP contribution >= 0.6 is 0 Å². The van der Waals surface area contributed by atoms with Crippen LogP contribution in [-0.4, -0.2) is 37.6 Å². The van der Waals surface area contributed by atoms with Crippen molar-refractivity contribution in [3.05, 3.63) is 0 Å². The molecule has 2 aliphatic rings. The topological polar surface area (TPSA) is 15.3 Å². The second-order valence-electron chi connectivity index (χ2n) is 4.04. The summed E-state index contributed by atoms with van der Waals surface area (Å²) in [6.45, 7) is 3.86. The second kappa shape index (κ2) is 3.11. The maximum atomic E-state index is 3.33. The Bertz CT molecular complexity index is 132. The molecule has 2 saturated heterocycles. The fourth-order valence-electron chi connectivity index (χ4n) is 2.18. The SMILES string of the molecule is CN1CCCC1CC1CNC1. The van der Waals surface area contributed by atoms with Crippen LogP contribution in [0.3, 0.4) is 0 Å². The molecule has 0 aromatic heterocycles. The van der Waals surface area contributed by atoms with Crippen LogP contribution in [0.2, 0.25) is 0 Å². The van der Waals surface area contributed by atoms with Gasteiger partial charge in [-0.3, -0.25) is 0 Å². The Balaban J connectivity index is 1.75. The zero-order valence-electron chi connectivity index (χ0n) is 7.34. The van der Waals surface area contributed by atoms with Gasteiger partial charge < -0.3 is 10.2 Å². The zero-order chi connectivity index (χ0) is 7.68. The molecule has 2 rings (SSSR count). The van der Waals surface area contributed by atoms with Crippen molar-refractivity contribution in [2.75, 3.05) is 26.7 Å². The molecule has 11 heavy (non-hydrogen) atoms. The molecular formula is C9H18N2. The highest BCUT2D eigenvalue weighted by Crippen LogP contribution is 2.23. The summed E-state index contributed by atoms with van der Waals surface area (Å²) in [4.78, 5) is 2.53. The number of nitrogens with zero attached hydrogens (tertiary/aromatic N) is 1. The van der Waals surface area contributed by atoms with Crippen LogP contribution in [0.4, 0.5) is 0 Å². The van der Waals surface area contributed by atoms with Crippen LogP contribution in [0.5, 0.6) is 0 Å². The lowest BCUT2D eigenvalue weighted by Gasteiger charge is -2.31. The average molecular weight is 154 g/mol. The first kappa shape index (κ1) is 7.56. The molecular weight excluding hydrogens is 136 g/mol. The van der Waals surface area contributed by atoms with E-state index < -0.39 is 0 Å². The Kier molecular flexibility index (Phi) is 2.14. The summed E-state index contributed by atoms with van der Waals surface area (Å²) in [6.07, 6.45) is 4.29. The summed E-state index contributed by atoms with van der Waals surface area (Å²) in [6, 6.07) is 0.905. The monoisotopic (exact) mass is 154 g/mol. The Labute approximate surface area is 69.0 Å². The number of rotatable bonds is 2. The fraction of sp³-hybridized carbons (Fsp3) is 1.00. The molecule has 1 N–H and O–H groups in total. The molecule has 2 heteroatoms. The van der Waals surface area contributed by atoms with Gasteiger partial charge >= 0.3 is 0 Å². The number of nitrogens with one attached hydrogen (secondary N) is 1. The molecule has 2 nitrogen and oxygen atoms in total. The van der Waals surface area contributed by atoms with Crippen LogP contribution in [0, 0.1) is 5.92 Å². The van der Waals surface area contributed by atoms with Gasteiger partial charge in [0.1, 0.15) is 0 Å². The van der Waals surface area contributed by atoms with Crippen molar-refractivity contribution in [1.82, 2.24) is 10.2 Å². The molecule has 0 spiro atoms.